The molecule has 11 heteroatoms. The van der Waals surface area contributed by atoms with Crippen LogP contribution in [0, 0.1) is 16.2 Å². The topological polar surface area (TPSA) is 135 Å². The smallest absolute Gasteiger partial charge is 0.419 e. The van der Waals surface area contributed by atoms with E-state index in [4.69, 9.17) is 23.7 Å². The molecule has 37 heavy (non-hydrogen) atoms. The van der Waals surface area contributed by atoms with Crippen molar-refractivity contribution in [2.24, 2.45) is 16.2 Å². The molecular formula is C26H41NO10. The van der Waals surface area contributed by atoms with Crippen molar-refractivity contribution in [3.05, 3.63) is 0 Å². The minimum atomic E-state index is -1.23. The third-order valence-electron chi connectivity index (χ3n) is 5.73. The molecule has 0 saturated carbocycles. The molecule has 11 nitrogen and oxygen atoms in total. The van der Waals surface area contributed by atoms with E-state index in [0.717, 1.165) is 4.90 Å². The first-order valence-electron chi connectivity index (χ1n) is 12.6. The summed E-state index contributed by atoms with van der Waals surface area (Å²) in [5.41, 5.74) is -2.66. The van der Waals surface area contributed by atoms with Crippen molar-refractivity contribution >= 4 is 29.9 Å². The van der Waals surface area contributed by atoms with Crippen LogP contribution in [-0.4, -0.2) is 72.1 Å². The number of nitrogens with zero attached hydrogens (tertiary/aromatic N) is 1. The van der Waals surface area contributed by atoms with E-state index in [1.807, 2.05) is 0 Å². The maximum Gasteiger partial charge on any atom is 0.419 e. The summed E-state index contributed by atoms with van der Waals surface area (Å²) >= 11 is 0. The molecule has 0 spiro atoms. The van der Waals surface area contributed by atoms with Crippen LogP contribution in [0.4, 0.5) is 4.79 Å². The van der Waals surface area contributed by atoms with Gasteiger partial charge in [0.2, 0.25) is 5.91 Å². The second-order valence-corrected chi connectivity index (χ2v) is 12.5. The zero-order chi connectivity index (χ0) is 28.5. The van der Waals surface area contributed by atoms with Gasteiger partial charge in [-0.1, -0.05) is 6.92 Å². The average Bonchev–Trinajstić information content (AvgIpc) is 3.23. The summed E-state index contributed by atoms with van der Waals surface area (Å²) in [4.78, 5) is 64.3. The highest BCUT2D eigenvalue weighted by Gasteiger charge is 2.62. The number of carbonyl (C=O) groups excluding carboxylic acids is 5. The molecule has 2 amide bonds. The van der Waals surface area contributed by atoms with Crippen molar-refractivity contribution < 1.29 is 47.7 Å². The summed E-state index contributed by atoms with van der Waals surface area (Å²) in [5.74, 6) is -2.28. The highest BCUT2D eigenvalue weighted by Crippen LogP contribution is 2.38. The molecule has 2 fully saturated rings. The van der Waals surface area contributed by atoms with Crippen LogP contribution in [0.2, 0.25) is 0 Å². The Bertz CT molecular complexity index is 908. The fourth-order valence-corrected chi connectivity index (χ4v) is 3.47. The second kappa shape index (κ2) is 11.0. The summed E-state index contributed by atoms with van der Waals surface area (Å²) in [5, 5.41) is 0. The zero-order valence-electron chi connectivity index (χ0n) is 23.5. The van der Waals surface area contributed by atoms with Gasteiger partial charge in [-0.2, -0.15) is 0 Å². The molecule has 0 aromatic carbocycles. The molecule has 2 heterocycles. The van der Waals surface area contributed by atoms with Crippen LogP contribution in [0.25, 0.3) is 0 Å². The van der Waals surface area contributed by atoms with E-state index in [9.17, 15) is 24.0 Å². The molecule has 0 radical (unpaired) electrons. The van der Waals surface area contributed by atoms with Crippen molar-refractivity contribution in [3.63, 3.8) is 0 Å². The Morgan fingerprint density at radius 3 is 1.92 bits per heavy atom. The van der Waals surface area contributed by atoms with Gasteiger partial charge in [-0.3, -0.25) is 19.2 Å². The van der Waals surface area contributed by atoms with Crippen LogP contribution in [-0.2, 0) is 42.9 Å². The van der Waals surface area contributed by atoms with Crippen LogP contribution in [0.1, 0.15) is 82.1 Å². The van der Waals surface area contributed by atoms with Gasteiger partial charge in [0.15, 0.2) is 24.5 Å². The molecule has 5 atom stereocenters. The zero-order valence-corrected chi connectivity index (χ0v) is 23.5. The summed E-state index contributed by atoms with van der Waals surface area (Å²) in [6, 6.07) is 0. The van der Waals surface area contributed by atoms with Gasteiger partial charge in [-0.05, 0) is 68.7 Å². The monoisotopic (exact) mass is 527 g/mol. The molecular weight excluding hydrogens is 486 g/mol. The van der Waals surface area contributed by atoms with Crippen molar-refractivity contribution in [2.75, 3.05) is 6.61 Å². The van der Waals surface area contributed by atoms with Gasteiger partial charge < -0.3 is 23.7 Å². The van der Waals surface area contributed by atoms with Crippen molar-refractivity contribution in [1.82, 2.24) is 4.90 Å². The van der Waals surface area contributed by atoms with Gasteiger partial charge in [0.25, 0.3) is 0 Å². The standard InChI is InChI=1S/C26H41NO10/c1-11-12-15(28)27-19-18(37-23(27)32)17(36-22(31)26(8,9)10)16(35-19)14(34-21(30)25(5,6)7)13-33-20(29)24(2,3)4/h14,16-19H,11-13H2,1-10H3/t14-,16-,17+,18-,19+/m1/s1. The Kier molecular flexibility index (Phi) is 9.05. The Morgan fingerprint density at radius 2 is 1.43 bits per heavy atom. The number of esters is 3. The van der Waals surface area contributed by atoms with Crippen molar-refractivity contribution in [1.29, 1.82) is 0 Å². The number of amides is 2. The van der Waals surface area contributed by atoms with Gasteiger partial charge in [0.1, 0.15) is 12.7 Å². The largest absolute Gasteiger partial charge is 0.461 e. The number of carbonyl (C=O) groups is 5. The number of hydrogen-bond donors (Lipinski definition) is 0. The molecule has 2 saturated heterocycles. The molecule has 2 aliphatic rings. The lowest BCUT2D eigenvalue weighted by Gasteiger charge is -2.32. The fraction of sp³-hybridized carbons (Fsp3) is 0.808. The highest BCUT2D eigenvalue weighted by atomic mass is 16.7. The van der Waals surface area contributed by atoms with E-state index in [-0.39, 0.29) is 6.42 Å². The Labute approximate surface area is 218 Å². The van der Waals surface area contributed by atoms with Crippen LogP contribution in [0.5, 0.6) is 0 Å². The van der Waals surface area contributed by atoms with E-state index >= 15 is 0 Å². The number of fused-ring (bicyclic) bond motifs is 1. The maximum atomic E-state index is 12.9. The highest BCUT2D eigenvalue weighted by molar-refractivity contribution is 5.93. The SMILES string of the molecule is CCCC(=O)N1C(=O)O[C@@H]2[C@@H](OC(=O)C(C)(C)C)[C@@H]([C@@H](COC(=O)C(C)(C)C)OC(=O)C(C)(C)C)O[C@@H]21. The van der Waals surface area contributed by atoms with Crippen LogP contribution >= 0.6 is 0 Å². The number of imide groups is 1. The van der Waals surface area contributed by atoms with Gasteiger partial charge >= 0.3 is 24.0 Å². The van der Waals surface area contributed by atoms with E-state index in [2.05, 4.69) is 0 Å². The van der Waals surface area contributed by atoms with Crippen molar-refractivity contribution in [2.45, 2.75) is 113 Å². The summed E-state index contributed by atoms with van der Waals surface area (Å²) in [6.45, 7) is 16.3. The maximum absolute atomic E-state index is 12.9. The van der Waals surface area contributed by atoms with Crippen LogP contribution in [0.3, 0.4) is 0 Å². The molecule has 2 aliphatic heterocycles. The molecule has 2 rings (SSSR count). The van der Waals surface area contributed by atoms with Crippen LogP contribution in [0.15, 0.2) is 0 Å². The molecule has 0 aromatic heterocycles. The molecule has 0 bridgehead atoms. The Balaban J connectivity index is 2.46. The summed E-state index contributed by atoms with van der Waals surface area (Å²) < 4.78 is 28.4. The lowest BCUT2D eigenvalue weighted by molar-refractivity contribution is -0.190. The first-order valence-corrected chi connectivity index (χ1v) is 12.6. The quantitative estimate of drug-likeness (QED) is 0.358. The molecule has 210 valence electrons. The third kappa shape index (κ3) is 7.21. The van der Waals surface area contributed by atoms with E-state index in [1.165, 1.54) is 0 Å². The molecule has 0 aliphatic carbocycles. The Morgan fingerprint density at radius 1 is 0.892 bits per heavy atom. The van der Waals surface area contributed by atoms with E-state index in [1.54, 1.807) is 69.2 Å². The van der Waals surface area contributed by atoms with Gasteiger partial charge in [0.05, 0.1) is 16.2 Å². The first-order chi connectivity index (χ1) is 16.8. The normalized spacial score (nSPS) is 24.7. The van der Waals surface area contributed by atoms with Crippen molar-refractivity contribution in [3.8, 4) is 0 Å². The summed E-state index contributed by atoms with van der Waals surface area (Å²) in [6.07, 6.45) is -6.35. The Hall–Kier alpha value is -2.69. The van der Waals surface area contributed by atoms with Gasteiger partial charge in [0, 0.05) is 6.42 Å². The summed E-state index contributed by atoms with van der Waals surface area (Å²) in [7, 11) is 0. The van der Waals surface area contributed by atoms with E-state index in [0.29, 0.717) is 6.42 Å². The first kappa shape index (κ1) is 30.5. The number of ether oxygens (including phenoxy) is 5. The fourth-order valence-electron chi connectivity index (χ4n) is 3.47. The number of hydrogen-bond acceptors (Lipinski definition) is 10. The number of rotatable bonds is 7. The molecule has 0 aromatic rings. The average molecular weight is 528 g/mol. The second-order valence-electron chi connectivity index (χ2n) is 12.5. The van der Waals surface area contributed by atoms with Gasteiger partial charge in [-0.15, -0.1) is 0 Å². The predicted molar refractivity (Wildman–Crippen MR) is 130 cm³/mol. The third-order valence-corrected chi connectivity index (χ3v) is 5.73. The molecule has 0 N–H and O–H groups in total. The van der Waals surface area contributed by atoms with Gasteiger partial charge in [-0.25, -0.2) is 9.69 Å². The predicted octanol–water partition coefficient (Wildman–Crippen LogP) is 3.36. The van der Waals surface area contributed by atoms with E-state index < -0.39 is 83.4 Å². The lowest BCUT2D eigenvalue weighted by Crippen LogP contribution is -2.49. The molecule has 0 unspecified atom stereocenters. The minimum absolute atomic E-state index is 0.0738. The van der Waals surface area contributed by atoms with Crippen LogP contribution < -0.4 is 0 Å². The minimum Gasteiger partial charge on any atom is -0.461 e. The lowest BCUT2D eigenvalue weighted by atomic mass is 9.96.